The monoisotopic (exact) mass is 195 g/mol. The van der Waals surface area contributed by atoms with Crippen molar-refractivity contribution in [3.05, 3.63) is 18.2 Å². The summed E-state index contributed by atoms with van der Waals surface area (Å²) >= 11 is 0. The highest BCUT2D eigenvalue weighted by molar-refractivity contribution is 4.89. The summed E-state index contributed by atoms with van der Waals surface area (Å²) in [7, 11) is 0. The van der Waals surface area contributed by atoms with Crippen LogP contribution in [-0.4, -0.2) is 27.5 Å². The van der Waals surface area contributed by atoms with Crippen molar-refractivity contribution in [3.8, 4) is 0 Å². The van der Waals surface area contributed by atoms with Gasteiger partial charge in [0.1, 0.15) is 0 Å². The van der Waals surface area contributed by atoms with Crippen molar-refractivity contribution < 1.29 is 17.6 Å². The normalized spacial score (nSPS) is 12.1. The van der Waals surface area contributed by atoms with E-state index in [0.29, 0.717) is 0 Å². The Labute approximate surface area is 70.8 Å². The largest absolute Gasteiger partial charge is 0.314 e. The summed E-state index contributed by atoms with van der Waals surface area (Å²) in [5.41, 5.74) is 0. The molecule has 72 valence electrons. The first kappa shape index (κ1) is 9.82. The molecule has 0 atom stereocenters. The highest BCUT2D eigenvalue weighted by Gasteiger charge is 2.41. The van der Waals surface area contributed by atoms with Crippen LogP contribution in [0.3, 0.4) is 0 Å². The first-order chi connectivity index (χ1) is 6.02. The van der Waals surface area contributed by atoms with Crippen molar-refractivity contribution in [1.82, 2.24) is 15.2 Å². The molecule has 0 radical (unpaired) electrons. The number of rotatable bonds is 3. The van der Waals surface area contributed by atoms with Crippen LogP contribution < -0.4 is 0 Å². The maximum Gasteiger partial charge on any atom is 0.314 e. The van der Waals surface area contributed by atoms with Gasteiger partial charge in [-0.1, -0.05) is 0 Å². The van der Waals surface area contributed by atoms with E-state index in [9.17, 15) is 17.6 Å². The van der Waals surface area contributed by atoms with Crippen molar-refractivity contribution in [2.75, 3.05) is 0 Å². The lowest BCUT2D eigenvalue weighted by Crippen LogP contribution is -2.30. The van der Waals surface area contributed by atoms with Gasteiger partial charge in [0.25, 0.3) is 0 Å². The van der Waals surface area contributed by atoms with Crippen LogP contribution in [0.1, 0.15) is 5.82 Å². The zero-order chi connectivity index (χ0) is 9.90. The molecule has 0 aliphatic heterocycles. The summed E-state index contributed by atoms with van der Waals surface area (Å²) in [4.78, 5) is 3.36. The van der Waals surface area contributed by atoms with Gasteiger partial charge in [-0.25, -0.2) is 13.8 Å². The minimum atomic E-state index is -4.09. The van der Waals surface area contributed by atoms with Crippen molar-refractivity contribution >= 4 is 0 Å². The molecule has 0 fully saturated rings. The molecule has 0 aromatic carbocycles. The molecule has 0 saturated heterocycles. The van der Waals surface area contributed by atoms with Crippen LogP contribution in [0.5, 0.6) is 0 Å². The molecule has 1 heterocycles. The van der Waals surface area contributed by atoms with E-state index in [1.54, 1.807) is 0 Å². The Balaban J connectivity index is 2.69. The van der Waals surface area contributed by atoms with Gasteiger partial charge in [-0.05, 0) is 0 Å². The van der Waals surface area contributed by atoms with Gasteiger partial charge >= 0.3 is 12.3 Å². The molecule has 0 aliphatic rings. The van der Waals surface area contributed by atoms with Gasteiger partial charge in [-0.2, -0.15) is 13.9 Å². The molecule has 0 bridgehead atoms. The molecule has 1 aromatic rings. The third kappa shape index (κ3) is 2.60. The molecule has 1 aromatic heterocycles. The molecular formula is C6H5F4N3. The van der Waals surface area contributed by atoms with E-state index in [4.69, 9.17) is 0 Å². The number of halogens is 4. The van der Waals surface area contributed by atoms with E-state index < -0.39 is 24.6 Å². The van der Waals surface area contributed by atoms with Gasteiger partial charge in [-0.15, -0.1) is 5.10 Å². The fraction of sp³-hybridized carbons (Fsp3) is 0.500. The quantitative estimate of drug-likeness (QED) is 0.682. The van der Waals surface area contributed by atoms with Crippen molar-refractivity contribution in [2.24, 2.45) is 0 Å². The van der Waals surface area contributed by atoms with E-state index in [2.05, 4.69) is 15.2 Å². The Morgan fingerprint density at radius 2 is 2.00 bits per heavy atom. The van der Waals surface area contributed by atoms with Crippen molar-refractivity contribution in [1.29, 1.82) is 0 Å². The average molecular weight is 195 g/mol. The van der Waals surface area contributed by atoms with Gasteiger partial charge in [0.05, 0.1) is 12.6 Å². The number of aromatic nitrogens is 3. The van der Waals surface area contributed by atoms with Crippen LogP contribution in [0.15, 0.2) is 12.4 Å². The van der Waals surface area contributed by atoms with Crippen molar-refractivity contribution in [2.45, 2.75) is 18.8 Å². The van der Waals surface area contributed by atoms with E-state index >= 15 is 0 Å². The van der Waals surface area contributed by atoms with Crippen LogP contribution in [0.4, 0.5) is 17.6 Å². The van der Waals surface area contributed by atoms with Crippen molar-refractivity contribution in [3.63, 3.8) is 0 Å². The molecule has 1 rings (SSSR count). The zero-order valence-electron chi connectivity index (χ0n) is 6.29. The Kier molecular flexibility index (Phi) is 2.74. The fourth-order valence-electron chi connectivity index (χ4n) is 0.644. The van der Waals surface area contributed by atoms with Crippen LogP contribution in [0.2, 0.25) is 0 Å². The van der Waals surface area contributed by atoms with E-state index in [-0.39, 0.29) is 0 Å². The van der Waals surface area contributed by atoms with Crippen LogP contribution in [0, 0.1) is 0 Å². The van der Waals surface area contributed by atoms with Gasteiger partial charge in [-0.3, -0.25) is 0 Å². The average Bonchev–Trinajstić information content (AvgIpc) is 2.05. The second-order valence-corrected chi connectivity index (χ2v) is 2.30. The summed E-state index contributed by atoms with van der Waals surface area (Å²) in [6.07, 6.45) is -2.62. The molecule has 0 N–H and O–H groups in total. The highest BCUT2D eigenvalue weighted by Crippen LogP contribution is 2.25. The summed E-state index contributed by atoms with van der Waals surface area (Å²) in [5.74, 6) is -4.49. The fourth-order valence-corrected chi connectivity index (χ4v) is 0.644. The lowest BCUT2D eigenvalue weighted by Gasteiger charge is -2.12. The molecule has 0 saturated carbocycles. The van der Waals surface area contributed by atoms with Crippen LogP contribution in [-0.2, 0) is 6.42 Å². The number of nitrogens with zero attached hydrogens (tertiary/aromatic N) is 3. The lowest BCUT2D eigenvalue weighted by atomic mass is 10.2. The third-order valence-electron chi connectivity index (χ3n) is 1.24. The zero-order valence-corrected chi connectivity index (χ0v) is 6.29. The van der Waals surface area contributed by atoms with E-state index in [0.717, 1.165) is 6.20 Å². The van der Waals surface area contributed by atoms with Gasteiger partial charge in [0.2, 0.25) is 0 Å². The predicted molar refractivity (Wildman–Crippen MR) is 34.5 cm³/mol. The Hall–Kier alpha value is -1.27. The SMILES string of the molecule is FC(F)C(F)(F)Cc1nccnn1. The van der Waals surface area contributed by atoms with Gasteiger partial charge < -0.3 is 0 Å². The van der Waals surface area contributed by atoms with E-state index in [1.165, 1.54) is 6.20 Å². The molecule has 7 heteroatoms. The molecule has 0 aliphatic carbocycles. The summed E-state index contributed by atoms with van der Waals surface area (Å²) in [6, 6.07) is 0. The number of hydrogen-bond donors (Lipinski definition) is 0. The summed E-state index contributed by atoms with van der Waals surface area (Å²) in [6.45, 7) is 0. The molecule has 0 spiro atoms. The van der Waals surface area contributed by atoms with Crippen LogP contribution >= 0.6 is 0 Å². The molecule has 0 amide bonds. The lowest BCUT2D eigenvalue weighted by molar-refractivity contribution is -0.128. The number of hydrogen-bond acceptors (Lipinski definition) is 3. The van der Waals surface area contributed by atoms with E-state index in [1.807, 2.05) is 0 Å². The standard InChI is InChI=1S/C6H5F4N3/c7-5(8)6(9,10)3-4-11-1-2-12-13-4/h1-2,5H,3H2. The highest BCUT2D eigenvalue weighted by atomic mass is 19.3. The Bertz CT molecular complexity index is 264. The minimum absolute atomic E-state index is 0.396. The maximum atomic E-state index is 12.4. The minimum Gasteiger partial charge on any atom is -0.238 e. The first-order valence-corrected chi connectivity index (χ1v) is 3.31. The maximum absolute atomic E-state index is 12.4. The second kappa shape index (κ2) is 3.63. The topological polar surface area (TPSA) is 38.7 Å². The van der Waals surface area contributed by atoms with Gasteiger partial charge in [0, 0.05) is 6.20 Å². The van der Waals surface area contributed by atoms with Gasteiger partial charge in [0.15, 0.2) is 5.82 Å². The van der Waals surface area contributed by atoms with Crippen LogP contribution in [0.25, 0.3) is 0 Å². The third-order valence-corrected chi connectivity index (χ3v) is 1.24. The molecule has 13 heavy (non-hydrogen) atoms. The number of alkyl halides is 4. The Morgan fingerprint density at radius 3 is 2.46 bits per heavy atom. The predicted octanol–water partition coefficient (Wildman–Crippen LogP) is 1.31. The summed E-state index contributed by atoms with van der Waals surface area (Å²) in [5, 5.41) is 6.41. The summed E-state index contributed by atoms with van der Waals surface area (Å²) < 4.78 is 48.1. The molecular weight excluding hydrogens is 190 g/mol. The first-order valence-electron chi connectivity index (χ1n) is 3.31. The second-order valence-electron chi connectivity index (χ2n) is 2.30. The smallest absolute Gasteiger partial charge is 0.238 e. The molecule has 3 nitrogen and oxygen atoms in total. The molecule has 0 unspecified atom stereocenters. The Morgan fingerprint density at radius 1 is 1.31 bits per heavy atom.